The van der Waals surface area contributed by atoms with E-state index in [9.17, 15) is 0 Å². The zero-order valence-corrected chi connectivity index (χ0v) is 21.8. The van der Waals surface area contributed by atoms with Crippen LogP contribution >= 0.6 is 0 Å². The van der Waals surface area contributed by atoms with Crippen molar-refractivity contribution in [3.63, 3.8) is 0 Å². The fourth-order valence-electron chi connectivity index (χ4n) is 5.40. The van der Waals surface area contributed by atoms with Crippen molar-refractivity contribution in [1.29, 1.82) is 0 Å². The van der Waals surface area contributed by atoms with E-state index in [4.69, 9.17) is 19.7 Å². The van der Waals surface area contributed by atoms with Crippen LogP contribution in [0.25, 0.3) is 0 Å². The summed E-state index contributed by atoms with van der Waals surface area (Å²) < 4.78 is 5.61. The largest absolute Gasteiger partial charge is 0.384 e. The Labute approximate surface area is 214 Å². The number of anilines is 3. The molecule has 8 nitrogen and oxygen atoms in total. The van der Waals surface area contributed by atoms with Gasteiger partial charge in [0, 0.05) is 68.3 Å². The van der Waals surface area contributed by atoms with E-state index < -0.39 is 0 Å². The number of ether oxygens (including phenoxy) is 1. The molecule has 3 aliphatic rings. The lowest BCUT2D eigenvalue weighted by Gasteiger charge is -2.24. The van der Waals surface area contributed by atoms with E-state index in [-0.39, 0.29) is 5.41 Å². The van der Waals surface area contributed by atoms with Gasteiger partial charge in [0.15, 0.2) is 0 Å². The molecule has 2 N–H and O–H groups in total. The summed E-state index contributed by atoms with van der Waals surface area (Å²) in [7, 11) is 3.68. The zero-order chi connectivity index (χ0) is 25.1. The second-order valence-corrected chi connectivity index (χ2v) is 10.2. The van der Waals surface area contributed by atoms with Crippen LogP contribution in [0.4, 0.5) is 17.6 Å². The Hall–Kier alpha value is -3.23. The second kappa shape index (κ2) is 10.4. The monoisotopic (exact) mass is 487 g/mol. The van der Waals surface area contributed by atoms with Gasteiger partial charge in [-0.05, 0) is 56.7 Å². The van der Waals surface area contributed by atoms with E-state index >= 15 is 0 Å². The maximum absolute atomic E-state index is 5.61. The molecule has 190 valence electrons. The molecule has 0 saturated carbocycles. The molecule has 0 aromatic carbocycles. The van der Waals surface area contributed by atoms with Gasteiger partial charge < -0.3 is 25.2 Å². The van der Waals surface area contributed by atoms with Gasteiger partial charge in [-0.3, -0.25) is 0 Å². The Morgan fingerprint density at radius 2 is 1.97 bits per heavy atom. The minimum absolute atomic E-state index is 0.224. The highest BCUT2D eigenvalue weighted by Gasteiger charge is 2.42. The molecular formula is C28H37N7O. The molecule has 8 heteroatoms. The highest BCUT2D eigenvalue weighted by Crippen LogP contribution is 2.43. The van der Waals surface area contributed by atoms with E-state index in [1.54, 1.807) is 7.11 Å². The molecule has 5 rings (SSSR count). The topological polar surface area (TPSA) is 78.4 Å². The summed E-state index contributed by atoms with van der Waals surface area (Å²) in [5, 5.41) is 6.67. The van der Waals surface area contributed by atoms with E-state index in [0.717, 1.165) is 54.6 Å². The van der Waals surface area contributed by atoms with Crippen LogP contribution in [0.1, 0.15) is 44.4 Å². The van der Waals surface area contributed by atoms with Crippen molar-refractivity contribution in [2.75, 3.05) is 50.6 Å². The molecule has 0 radical (unpaired) electrons. The van der Waals surface area contributed by atoms with Crippen LogP contribution in [0.15, 0.2) is 59.6 Å². The minimum atomic E-state index is -0.224. The first kappa shape index (κ1) is 24.5. The van der Waals surface area contributed by atoms with E-state index in [1.807, 2.05) is 25.4 Å². The van der Waals surface area contributed by atoms with Crippen LogP contribution in [0.3, 0.4) is 0 Å². The molecule has 1 fully saturated rings. The fraction of sp³-hybridized carbons (Fsp3) is 0.464. The van der Waals surface area contributed by atoms with Crippen molar-refractivity contribution in [1.82, 2.24) is 25.2 Å². The van der Waals surface area contributed by atoms with Crippen LogP contribution in [0.2, 0.25) is 0 Å². The molecule has 0 unspecified atom stereocenters. The molecule has 0 bridgehead atoms. The van der Waals surface area contributed by atoms with E-state index in [2.05, 4.69) is 58.6 Å². The molecule has 0 spiro atoms. The average molecular weight is 488 g/mol. The van der Waals surface area contributed by atoms with Gasteiger partial charge >= 0.3 is 0 Å². The lowest BCUT2D eigenvalue weighted by molar-refractivity contribution is 0.145. The molecule has 1 atom stereocenters. The van der Waals surface area contributed by atoms with Crippen molar-refractivity contribution in [3.05, 3.63) is 70.8 Å². The molecule has 2 aromatic heterocycles. The average Bonchev–Trinajstić information content (AvgIpc) is 3.45. The molecule has 2 aromatic rings. The Morgan fingerprint density at radius 3 is 2.75 bits per heavy atom. The predicted octanol–water partition coefficient (Wildman–Crippen LogP) is 4.27. The second-order valence-electron chi connectivity index (χ2n) is 10.2. The van der Waals surface area contributed by atoms with Crippen LogP contribution in [0.5, 0.6) is 0 Å². The van der Waals surface area contributed by atoms with Crippen molar-refractivity contribution in [2.45, 2.75) is 45.1 Å². The number of hydrogen-bond donors (Lipinski definition) is 2. The third-order valence-electron chi connectivity index (χ3n) is 7.26. The summed E-state index contributed by atoms with van der Waals surface area (Å²) in [5.41, 5.74) is 5.59. The van der Waals surface area contributed by atoms with E-state index in [0.29, 0.717) is 19.1 Å². The van der Waals surface area contributed by atoms with Gasteiger partial charge in [0.25, 0.3) is 0 Å². The van der Waals surface area contributed by atoms with Gasteiger partial charge in [-0.2, -0.15) is 4.98 Å². The van der Waals surface area contributed by atoms with Crippen LogP contribution in [-0.2, 0) is 16.7 Å². The van der Waals surface area contributed by atoms with Crippen LogP contribution < -0.4 is 15.5 Å². The first-order valence-corrected chi connectivity index (χ1v) is 12.9. The standard InChI is InChI=1S/C28H37N7O/c1-20-10-11-21(12-13-24(20)34-14-5-6-15-34)32-27-30-17-23-26(33-27)35(18-28(23,2)19-36-4)25-9-7-8-22(31-25)16-29-3/h7-10,12-13,17,29H,5-6,11,14-16,18-19H2,1-4H3,(H,30,32,33)/t28-/m0/s1. The summed E-state index contributed by atoms with van der Waals surface area (Å²) in [6.07, 6.45) is 12.0. The molecule has 4 heterocycles. The lowest BCUT2D eigenvalue weighted by Crippen LogP contribution is -2.33. The first-order valence-electron chi connectivity index (χ1n) is 12.9. The number of nitrogens with zero attached hydrogens (tertiary/aromatic N) is 5. The van der Waals surface area contributed by atoms with Crippen molar-refractivity contribution in [3.8, 4) is 0 Å². The number of nitrogens with one attached hydrogen (secondary N) is 2. The Bertz CT molecular complexity index is 1200. The number of hydrogen-bond acceptors (Lipinski definition) is 8. The van der Waals surface area contributed by atoms with Crippen LogP contribution in [-0.4, -0.2) is 60.3 Å². The predicted molar refractivity (Wildman–Crippen MR) is 144 cm³/mol. The third-order valence-corrected chi connectivity index (χ3v) is 7.26. The number of rotatable bonds is 8. The molecular weight excluding hydrogens is 450 g/mol. The number of methoxy groups -OCH3 is 1. The molecule has 2 aliphatic heterocycles. The number of aromatic nitrogens is 3. The van der Waals surface area contributed by atoms with E-state index in [1.165, 1.54) is 24.1 Å². The molecule has 1 aliphatic carbocycles. The third kappa shape index (κ3) is 4.88. The van der Waals surface area contributed by atoms with Gasteiger partial charge in [-0.15, -0.1) is 0 Å². The summed E-state index contributed by atoms with van der Waals surface area (Å²) in [5.74, 6) is 2.37. The van der Waals surface area contributed by atoms with Gasteiger partial charge in [0.2, 0.25) is 5.95 Å². The Kier molecular flexibility index (Phi) is 7.07. The smallest absolute Gasteiger partial charge is 0.228 e. The zero-order valence-electron chi connectivity index (χ0n) is 21.8. The highest BCUT2D eigenvalue weighted by molar-refractivity contribution is 5.68. The normalized spacial score (nSPS) is 21.6. The molecule has 0 amide bonds. The number of pyridine rings is 1. The highest BCUT2D eigenvalue weighted by atomic mass is 16.5. The maximum Gasteiger partial charge on any atom is 0.228 e. The maximum atomic E-state index is 5.61. The van der Waals surface area contributed by atoms with Crippen molar-refractivity contribution < 1.29 is 4.74 Å². The number of fused-ring (bicyclic) bond motifs is 1. The SMILES string of the molecule is CNCc1cccc(N2C[C@@](C)(COC)c3cnc(NC4=CC=C(N5CCCC5)C(C)=CC4)nc32)n1. The van der Waals surface area contributed by atoms with Gasteiger partial charge in [0.05, 0.1) is 12.3 Å². The van der Waals surface area contributed by atoms with Crippen LogP contribution in [0, 0.1) is 0 Å². The first-order chi connectivity index (χ1) is 17.5. The number of allylic oxidation sites excluding steroid dienone is 4. The minimum Gasteiger partial charge on any atom is -0.384 e. The van der Waals surface area contributed by atoms with Gasteiger partial charge in [-0.25, -0.2) is 9.97 Å². The van der Waals surface area contributed by atoms with Gasteiger partial charge in [0.1, 0.15) is 11.6 Å². The molecule has 1 saturated heterocycles. The molecule has 36 heavy (non-hydrogen) atoms. The summed E-state index contributed by atoms with van der Waals surface area (Å²) in [6.45, 7) is 8.72. The summed E-state index contributed by atoms with van der Waals surface area (Å²) >= 11 is 0. The van der Waals surface area contributed by atoms with Gasteiger partial charge in [-0.1, -0.05) is 19.1 Å². The number of likely N-dealkylation sites (tertiary alicyclic amines) is 1. The Morgan fingerprint density at radius 1 is 1.14 bits per heavy atom. The lowest BCUT2D eigenvalue weighted by atomic mass is 9.87. The summed E-state index contributed by atoms with van der Waals surface area (Å²) in [6, 6.07) is 6.13. The quantitative estimate of drug-likeness (QED) is 0.572. The van der Waals surface area contributed by atoms with Crippen molar-refractivity contribution in [2.24, 2.45) is 0 Å². The summed E-state index contributed by atoms with van der Waals surface area (Å²) in [4.78, 5) is 19.3. The Balaban J connectivity index is 1.45. The van der Waals surface area contributed by atoms with Crippen molar-refractivity contribution >= 4 is 17.6 Å². The fourth-order valence-corrected chi connectivity index (χ4v) is 5.40.